The number of hydrogen-bond acceptors (Lipinski definition) is 8. The minimum Gasteiger partial charge on any atom is -0.480 e. The third kappa shape index (κ3) is 47.7. The maximum Gasteiger partial charge on any atom is 0.472 e. The number of allylic oxidation sites excluding steroid dienone is 8. The number of esters is 1. The first kappa shape index (κ1) is 62.4. The fraction of sp³-hybridized carbons (Fsp3) is 0.792. The van der Waals surface area contributed by atoms with Gasteiger partial charge in [0.25, 0.3) is 0 Å². The first-order chi connectivity index (χ1) is 31.6. The van der Waals surface area contributed by atoms with Gasteiger partial charge in [-0.25, -0.2) is 9.36 Å². The van der Waals surface area contributed by atoms with E-state index in [0.29, 0.717) is 12.8 Å². The van der Waals surface area contributed by atoms with Crippen molar-refractivity contribution in [2.24, 2.45) is 0 Å². The lowest BCUT2D eigenvalue weighted by Crippen LogP contribution is -2.43. The molecule has 0 aliphatic heterocycles. The summed E-state index contributed by atoms with van der Waals surface area (Å²) in [6.07, 6.45) is 55.5. The van der Waals surface area contributed by atoms with Gasteiger partial charge in [0.2, 0.25) is 5.91 Å². The SMILES string of the molecule is CCCCC/C=C\C/C=C\CCCCCCCCCCCCCCCC(=O)NC(COP(=O)(O)OCC(O)COC(=O)CCCCCCCCC/C=C\C/C=C\CCCCCC)C(=O)O. The van der Waals surface area contributed by atoms with E-state index in [1.54, 1.807) is 0 Å². The van der Waals surface area contributed by atoms with Crippen molar-refractivity contribution in [3.63, 3.8) is 0 Å². The number of carboxylic acid groups (broad SMARTS) is 1. The molecular formula is C53H96NO10P. The summed E-state index contributed by atoms with van der Waals surface area (Å²) in [5, 5.41) is 21.9. The van der Waals surface area contributed by atoms with Crippen molar-refractivity contribution >= 4 is 25.7 Å². The monoisotopic (exact) mass is 938 g/mol. The summed E-state index contributed by atoms with van der Waals surface area (Å²) in [7, 11) is -4.77. The van der Waals surface area contributed by atoms with E-state index in [1.165, 1.54) is 141 Å². The van der Waals surface area contributed by atoms with Gasteiger partial charge < -0.3 is 25.2 Å². The van der Waals surface area contributed by atoms with Crippen LogP contribution in [0.1, 0.15) is 239 Å². The summed E-state index contributed by atoms with van der Waals surface area (Å²) >= 11 is 0. The number of nitrogens with one attached hydrogen (secondary N) is 1. The zero-order valence-corrected chi connectivity index (χ0v) is 42.2. The largest absolute Gasteiger partial charge is 0.480 e. The van der Waals surface area contributed by atoms with Crippen molar-refractivity contribution in [1.29, 1.82) is 0 Å². The predicted molar refractivity (Wildman–Crippen MR) is 268 cm³/mol. The smallest absolute Gasteiger partial charge is 0.472 e. The Labute approximate surface area is 396 Å². The standard InChI is InChI=1S/C53H96NO10P/c1-3-5-7-9-11-13-15-17-19-21-23-24-25-26-27-28-30-32-34-36-38-40-42-44-51(56)54-50(53(58)59)48-64-65(60,61)63-47-49(55)46-62-52(57)45-43-41-39-37-35-33-31-29-22-20-18-16-14-12-10-8-6-4-2/h11,13-14,16-17,19-20,22,49-50,55H,3-10,12,15,18,21,23-48H2,1-2H3,(H,54,56)(H,58,59)(H,60,61)/b13-11-,16-14-,19-17-,22-20-. The topological polar surface area (TPSA) is 169 Å². The van der Waals surface area contributed by atoms with Crippen LogP contribution >= 0.6 is 7.82 Å². The first-order valence-corrected chi connectivity index (χ1v) is 27.7. The molecular weight excluding hydrogens is 842 g/mol. The van der Waals surface area contributed by atoms with Crippen LogP contribution in [-0.2, 0) is 32.7 Å². The van der Waals surface area contributed by atoms with Crippen molar-refractivity contribution in [1.82, 2.24) is 5.32 Å². The van der Waals surface area contributed by atoms with Gasteiger partial charge in [-0.2, -0.15) is 0 Å². The molecule has 11 nitrogen and oxygen atoms in total. The minimum absolute atomic E-state index is 0.144. The van der Waals surface area contributed by atoms with Gasteiger partial charge >= 0.3 is 19.8 Å². The van der Waals surface area contributed by atoms with Gasteiger partial charge in [0.15, 0.2) is 6.04 Å². The molecule has 0 heterocycles. The van der Waals surface area contributed by atoms with E-state index in [0.717, 1.165) is 57.8 Å². The van der Waals surface area contributed by atoms with Crippen LogP contribution in [0.25, 0.3) is 0 Å². The van der Waals surface area contributed by atoms with Crippen molar-refractivity contribution in [2.45, 2.75) is 251 Å². The lowest BCUT2D eigenvalue weighted by Gasteiger charge is -2.18. The van der Waals surface area contributed by atoms with E-state index in [1.807, 2.05) is 0 Å². The fourth-order valence-corrected chi connectivity index (χ4v) is 8.03. The number of aliphatic carboxylic acids is 1. The highest BCUT2D eigenvalue weighted by Crippen LogP contribution is 2.43. The molecule has 0 fully saturated rings. The van der Waals surface area contributed by atoms with Crippen LogP contribution < -0.4 is 5.32 Å². The lowest BCUT2D eigenvalue weighted by atomic mass is 10.0. The van der Waals surface area contributed by atoms with E-state index in [4.69, 9.17) is 13.8 Å². The molecule has 0 bridgehead atoms. The molecule has 0 saturated carbocycles. The zero-order chi connectivity index (χ0) is 47.7. The summed E-state index contributed by atoms with van der Waals surface area (Å²) in [5.41, 5.74) is 0. The van der Waals surface area contributed by atoms with Crippen LogP contribution in [-0.4, -0.2) is 64.9 Å². The third-order valence-corrected chi connectivity index (χ3v) is 12.3. The highest BCUT2D eigenvalue weighted by Gasteiger charge is 2.28. The molecule has 0 spiro atoms. The number of carboxylic acids is 1. The van der Waals surface area contributed by atoms with E-state index in [-0.39, 0.29) is 12.8 Å². The van der Waals surface area contributed by atoms with Crippen molar-refractivity contribution in [2.75, 3.05) is 19.8 Å². The molecule has 0 rings (SSSR count). The number of aliphatic hydroxyl groups is 1. The van der Waals surface area contributed by atoms with Gasteiger partial charge in [0.05, 0.1) is 13.2 Å². The molecule has 0 saturated heterocycles. The highest BCUT2D eigenvalue weighted by molar-refractivity contribution is 7.47. The molecule has 0 aromatic carbocycles. The van der Waals surface area contributed by atoms with Crippen LogP contribution in [0.5, 0.6) is 0 Å². The number of phosphoric ester groups is 1. The number of amides is 1. The maximum absolute atomic E-state index is 12.4. The minimum atomic E-state index is -4.77. The Hall–Kier alpha value is -2.56. The normalized spacial score (nSPS) is 13.9. The number of unbranched alkanes of at least 4 members (excludes halogenated alkanes) is 27. The number of carbonyl (C=O) groups excluding carboxylic acids is 2. The summed E-state index contributed by atoms with van der Waals surface area (Å²) in [5.74, 6) is -2.37. The van der Waals surface area contributed by atoms with Gasteiger partial charge in [-0.1, -0.05) is 197 Å². The van der Waals surface area contributed by atoms with Gasteiger partial charge in [0, 0.05) is 12.8 Å². The fourth-order valence-electron chi connectivity index (χ4n) is 7.26. The Morgan fingerprint density at radius 1 is 0.492 bits per heavy atom. The van der Waals surface area contributed by atoms with Crippen LogP contribution in [0.2, 0.25) is 0 Å². The number of phosphoric acid groups is 1. The maximum atomic E-state index is 12.4. The number of hydrogen-bond donors (Lipinski definition) is 4. The van der Waals surface area contributed by atoms with E-state index < -0.39 is 57.6 Å². The number of carbonyl (C=O) groups is 3. The number of ether oxygens (including phenoxy) is 1. The van der Waals surface area contributed by atoms with Crippen LogP contribution in [0.15, 0.2) is 48.6 Å². The number of aliphatic hydroxyl groups excluding tert-OH is 1. The average molecular weight is 938 g/mol. The van der Waals surface area contributed by atoms with Crippen molar-refractivity contribution in [3.05, 3.63) is 48.6 Å². The van der Waals surface area contributed by atoms with Gasteiger partial charge in [0.1, 0.15) is 12.7 Å². The van der Waals surface area contributed by atoms with E-state index in [2.05, 4.69) is 67.8 Å². The van der Waals surface area contributed by atoms with Gasteiger partial charge in [-0.05, 0) is 77.0 Å². The second-order valence-electron chi connectivity index (χ2n) is 17.7. The predicted octanol–water partition coefficient (Wildman–Crippen LogP) is 14.5. The lowest BCUT2D eigenvalue weighted by molar-refractivity contribution is -0.147. The first-order valence-electron chi connectivity index (χ1n) is 26.2. The molecule has 12 heteroatoms. The van der Waals surface area contributed by atoms with Gasteiger partial charge in [-0.3, -0.25) is 18.6 Å². The molecule has 3 unspecified atom stereocenters. The molecule has 0 radical (unpaired) electrons. The van der Waals surface area contributed by atoms with E-state index in [9.17, 15) is 34.1 Å². The molecule has 4 N–H and O–H groups in total. The van der Waals surface area contributed by atoms with Crippen molar-refractivity contribution < 1.29 is 47.8 Å². The second-order valence-corrected chi connectivity index (χ2v) is 19.2. The summed E-state index contributed by atoms with van der Waals surface area (Å²) < 4.78 is 27.0. The third-order valence-electron chi connectivity index (χ3n) is 11.3. The second kappa shape index (κ2) is 47.9. The summed E-state index contributed by atoms with van der Waals surface area (Å²) in [6, 6.07) is -1.55. The Morgan fingerprint density at radius 2 is 0.846 bits per heavy atom. The Morgan fingerprint density at radius 3 is 1.28 bits per heavy atom. The number of rotatable bonds is 49. The Bertz CT molecular complexity index is 1280. The average Bonchev–Trinajstić information content (AvgIpc) is 3.28. The Balaban J connectivity index is 3.82. The summed E-state index contributed by atoms with van der Waals surface area (Å²) in [4.78, 5) is 46.1. The molecule has 65 heavy (non-hydrogen) atoms. The molecule has 1 amide bonds. The zero-order valence-electron chi connectivity index (χ0n) is 41.3. The quantitative estimate of drug-likeness (QED) is 0.0199. The molecule has 3 atom stereocenters. The molecule has 0 aromatic rings. The highest BCUT2D eigenvalue weighted by atomic mass is 31.2. The molecule has 0 aliphatic rings. The molecule has 0 aliphatic carbocycles. The molecule has 0 aromatic heterocycles. The van der Waals surface area contributed by atoms with E-state index >= 15 is 0 Å². The van der Waals surface area contributed by atoms with Crippen LogP contribution in [0, 0.1) is 0 Å². The molecule has 378 valence electrons. The Kier molecular flexibility index (Phi) is 46.0. The van der Waals surface area contributed by atoms with Crippen LogP contribution in [0.4, 0.5) is 0 Å². The summed E-state index contributed by atoms with van der Waals surface area (Å²) in [6.45, 7) is 2.58. The van der Waals surface area contributed by atoms with Crippen LogP contribution in [0.3, 0.4) is 0 Å². The van der Waals surface area contributed by atoms with Crippen molar-refractivity contribution in [3.8, 4) is 0 Å². The van der Waals surface area contributed by atoms with Gasteiger partial charge in [-0.15, -0.1) is 0 Å².